The number of phenolic OH excluding ortho intramolecular Hbond substituents is 2. The molecule has 0 fully saturated rings. The van der Waals surface area contributed by atoms with Crippen molar-refractivity contribution in [3.8, 4) is 11.5 Å². The molecule has 20 heavy (non-hydrogen) atoms. The fourth-order valence-electron chi connectivity index (χ4n) is 2.12. The molecule has 0 aliphatic heterocycles. The number of hydrogen-bond acceptors (Lipinski definition) is 4. The summed E-state index contributed by atoms with van der Waals surface area (Å²) in [5.74, 6) is 0.373. The Kier molecular flexibility index (Phi) is 5.17. The Balaban J connectivity index is 2.77. The first-order valence-corrected chi connectivity index (χ1v) is 6.87. The Morgan fingerprint density at radius 2 is 1.80 bits per heavy atom. The van der Waals surface area contributed by atoms with Gasteiger partial charge in [0.05, 0.1) is 5.60 Å². The maximum Gasteiger partial charge on any atom is 0.129 e. The number of aryl methyl sites for hydroxylation is 1. The molecule has 0 amide bonds. The normalized spacial score (nSPS) is 14.1. The summed E-state index contributed by atoms with van der Waals surface area (Å²) in [7, 11) is 0. The van der Waals surface area contributed by atoms with Crippen LogP contribution >= 0.6 is 0 Å². The third-order valence-electron chi connectivity index (χ3n) is 3.87. The summed E-state index contributed by atoms with van der Waals surface area (Å²) in [6.07, 6.45) is 1.62. The van der Waals surface area contributed by atoms with E-state index < -0.39 is 5.60 Å². The molecule has 0 aliphatic rings. The molecule has 0 heterocycles. The lowest BCUT2D eigenvalue weighted by Crippen LogP contribution is -2.25. The molecular formula is C16H24O4. The largest absolute Gasteiger partial charge is 0.508 e. The first kappa shape index (κ1) is 16.5. The number of carbonyl (C=O) groups excluding carboxylic acids is 1. The molecule has 1 aromatic carbocycles. The Bertz CT molecular complexity index is 504. The van der Waals surface area contributed by atoms with Gasteiger partial charge in [-0.1, -0.05) is 0 Å². The SMILES string of the molecule is CC(=O)CCC(C)(O)CCc1cc(O)c(C)c(C)c1O. The van der Waals surface area contributed by atoms with Crippen molar-refractivity contribution in [3.05, 3.63) is 22.8 Å². The molecule has 0 aliphatic carbocycles. The molecular weight excluding hydrogens is 256 g/mol. The zero-order valence-electron chi connectivity index (χ0n) is 12.7. The minimum Gasteiger partial charge on any atom is -0.508 e. The van der Waals surface area contributed by atoms with Crippen LogP contribution in [0.25, 0.3) is 0 Å². The van der Waals surface area contributed by atoms with Gasteiger partial charge in [-0.2, -0.15) is 0 Å². The zero-order valence-corrected chi connectivity index (χ0v) is 12.7. The van der Waals surface area contributed by atoms with Crippen LogP contribution in [-0.4, -0.2) is 26.7 Å². The minimum absolute atomic E-state index is 0.0527. The van der Waals surface area contributed by atoms with E-state index in [2.05, 4.69) is 0 Å². The van der Waals surface area contributed by atoms with Crippen LogP contribution in [0.2, 0.25) is 0 Å². The fraction of sp³-hybridized carbons (Fsp3) is 0.562. The van der Waals surface area contributed by atoms with Crippen molar-refractivity contribution in [1.29, 1.82) is 0 Å². The Morgan fingerprint density at radius 1 is 1.20 bits per heavy atom. The monoisotopic (exact) mass is 280 g/mol. The Labute approximate surface area is 120 Å². The lowest BCUT2D eigenvalue weighted by molar-refractivity contribution is -0.118. The standard InChI is InChI=1S/C16H24O4/c1-10(17)5-7-16(4,20)8-6-13-9-14(18)11(2)12(3)15(13)19/h9,18-20H,5-8H2,1-4H3. The molecule has 1 atom stereocenters. The van der Waals surface area contributed by atoms with Gasteiger partial charge in [-0.3, -0.25) is 0 Å². The van der Waals surface area contributed by atoms with Crippen LogP contribution in [0.15, 0.2) is 6.07 Å². The van der Waals surface area contributed by atoms with Crippen LogP contribution in [0.4, 0.5) is 0 Å². The van der Waals surface area contributed by atoms with Crippen molar-refractivity contribution in [3.63, 3.8) is 0 Å². The number of aromatic hydroxyl groups is 2. The second-order valence-corrected chi connectivity index (χ2v) is 5.85. The second-order valence-electron chi connectivity index (χ2n) is 5.85. The van der Waals surface area contributed by atoms with Gasteiger partial charge >= 0.3 is 0 Å². The molecule has 0 aromatic heterocycles. The van der Waals surface area contributed by atoms with E-state index in [-0.39, 0.29) is 17.3 Å². The summed E-state index contributed by atoms with van der Waals surface area (Å²) in [6, 6.07) is 1.54. The van der Waals surface area contributed by atoms with Crippen LogP contribution in [0, 0.1) is 13.8 Å². The number of rotatable bonds is 6. The zero-order chi connectivity index (χ0) is 15.5. The molecule has 3 N–H and O–H groups in total. The molecule has 0 bridgehead atoms. The summed E-state index contributed by atoms with van der Waals surface area (Å²) in [5, 5.41) is 30.1. The molecule has 4 nitrogen and oxygen atoms in total. The van der Waals surface area contributed by atoms with Gasteiger partial charge in [0.2, 0.25) is 0 Å². The van der Waals surface area contributed by atoms with Gasteiger partial charge in [-0.05, 0) is 69.7 Å². The van der Waals surface area contributed by atoms with E-state index in [0.717, 1.165) is 0 Å². The van der Waals surface area contributed by atoms with Crippen molar-refractivity contribution in [2.45, 2.75) is 59.0 Å². The molecule has 0 spiro atoms. The molecule has 1 aromatic rings. The predicted octanol–water partition coefficient (Wildman–Crippen LogP) is 2.77. The van der Waals surface area contributed by atoms with Crippen molar-refractivity contribution < 1.29 is 20.1 Å². The van der Waals surface area contributed by atoms with E-state index in [1.54, 1.807) is 26.8 Å². The molecule has 0 saturated heterocycles. The average molecular weight is 280 g/mol. The highest BCUT2D eigenvalue weighted by molar-refractivity contribution is 5.75. The number of Topliss-reactive ketones (excluding diaryl/α,β-unsaturated/α-hetero) is 1. The molecule has 112 valence electrons. The Morgan fingerprint density at radius 3 is 2.35 bits per heavy atom. The summed E-state index contributed by atoms with van der Waals surface area (Å²) in [4.78, 5) is 11.0. The van der Waals surface area contributed by atoms with Gasteiger partial charge in [0.15, 0.2) is 0 Å². The molecule has 0 radical (unpaired) electrons. The number of carbonyl (C=O) groups is 1. The van der Waals surface area contributed by atoms with Crippen LogP contribution in [-0.2, 0) is 11.2 Å². The predicted molar refractivity (Wildman–Crippen MR) is 78.1 cm³/mol. The highest BCUT2D eigenvalue weighted by atomic mass is 16.3. The maximum absolute atomic E-state index is 11.0. The lowest BCUT2D eigenvalue weighted by Gasteiger charge is -2.23. The molecule has 0 saturated carbocycles. The van der Waals surface area contributed by atoms with E-state index in [0.29, 0.717) is 42.4 Å². The summed E-state index contributed by atoms with van der Waals surface area (Å²) in [5.41, 5.74) is 0.985. The van der Waals surface area contributed by atoms with E-state index in [1.165, 1.54) is 6.92 Å². The van der Waals surface area contributed by atoms with Gasteiger partial charge in [0.1, 0.15) is 17.3 Å². The van der Waals surface area contributed by atoms with E-state index in [1.807, 2.05) is 0 Å². The van der Waals surface area contributed by atoms with Crippen LogP contribution in [0.3, 0.4) is 0 Å². The molecule has 1 rings (SSSR count). The van der Waals surface area contributed by atoms with Crippen molar-refractivity contribution in [2.24, 2.45) is 0 Å². The van der Waals surface area contributed by atoms with Gasteiger partial charge in [0, 0.05) is 6.42 Å². The summed E-state index contributed by atoms with van der Waals surface area (Å²) >= 11 is 0. The number of ketones is 1. The van der Waals surface area contributed by atoms with E-state index in [9.17, 15) is 20.1 Å². The highest BCUT2D eigenvalue weighted by Gasteiger charge is 2.22. The second kappa shape index (κ2) is 6.27. The van der Waals surface area contributed by atoms with Gasteiger partial charge in [0.25, 0.3) is 0 Å². The minimum atomic E-state index is -0.952. The summed E-state index contributed by atoms with van der Waals surface area (Å²) < 4.78 is 0. The molecule has 4 heteroatoms. The van der Waals surface area contributed by atoms with E-state index in [4.69, 9.17) is 0 Å². The number of hydrogen-bond donors (Lipinski definition) is 3. The van der Waals surface area contributed by atoms with E-state index >= 15 is 0 Å². The van der Waals surface area contributed by atoms with Crippen molar-refractivity contribution in [1.82, 2.24) is 0 Å². The van der Waals surface area contributed by atoms with Crippen molar-refractivity contribution in [2.75, 3.05) is 0 Å². The van der Waals surface area contributed by atoms with Crippen LogP contribution in [0.5, 0.6) is 11.5 Å². The smallest absolute Gasteiger partial charge is 0.129 e. The highest BCUT2D eigenvalue weighted by Crippen LogP contribution is 2.33. The quantitative estimate of drug-likeness (QED) is 0.700. The van der Waals surface area contributed by atoms with Crippen LogP contribution < -0.4 is 0 Å². The first-order chi connectivity index (χ1) is 9.14. The summed E-state index contributed by atoms with van der Waals surface area (Å²) in [6.45, 7) is 6.69. The topological polar surface area (TPSA) is 77.8 Å². The number of phenols is 2. The third kappa shape index (κ3) is 4.23. The van der Waals surface area contributed by atoms with Crippen LogP contribution in [0.1, 0.15) is 49.8 Å². The van der Waals surface area contributed by atoms with Gasteiger partial charge in [-0.25, -0.2) is 0 Å². The first-order valence-electron chi connectivity index (χ1n) is 6.87. The number of benzene rings is 1. The van der Waals surface area contributed by atoms with Crippen molar-refractivity contribution >= 4 is 5.78 Å². The lowest BCUT2D eigenvalue weighted by atomic mass is 9.90. The number of aliphatic hydroxyl groups is 1. The third-order valence-corrected chi connectivity index (χ3v) is 3.87. The fourth-order valence-corrected chi connectivity index (χ4v) is 2.12. The van der Waals surface area contributed by atoms with Gasteiger partial charge < -0.3 is 20.1 Å². The Hall–Kier alpha value is -1.55. The van der Waals surface area contributed by atoms with Gasteiger partial charge in [-0.15, -0.1) is 0 Å². The maximum atomic E-state index is 11.0. The average Bonchev–Trinajstić information content (AvgIpc) is 2.37. The molecule has 1 unspecified atom stereocenters.